The molecule has 0 bridgehead atoms. The van der Waals surface area contributed by atoms with Crippen LogP contribution in [0.3, 0.4) is 0 Å². The first kappa shape index (κ1) is 9.69. The lowest BCUT2D eigenvalue weighted by molar-refractivity contribution is 0.207. The Morgan fingerprint density at radius 2 is 1.93 bits per heavy atom. The van der Waals surface area contributed by atoms with Crippen molar-refractivity contribution in [2.24, 2.45) is 0 Å². The van der Waals surface area contributed by atoms with Crippen LogP contribution in [-0.4, -0.2) is 9.62 Å². The SMILES string of the molecule is OC1(Br)CC=CC=C1c1ccccc1. The van der Waals surface area contributed by atoms with E-state index in [0.29, 0.717) is 6.42 Å². The quantitative estimate of drug-likeness (QED) is 0.760. The molecule has 1 unspecified atom stereocenters. The van der Waals surface area contributed by atoms with Gasteiger partial charge in [0.25, 0.3) is 0 Å². The van der Waals surface area contributed by atoms with Crippen molar-refractivity contribution in [3.63, 3.8) is 0 Å². The van der Waals surface area contributed by atoms with E-state index >= 15 is 0 Å². The van der Waals surface area contributed by atoms with Crippen molar-refractivity contribution in [3.05, 3.63) is 54.1 Å². The number of aliphatic hydroxyl groups is 1. The van der Waals surface area contributed by atoms with E-state index in [0.717, 1.165) is 11.1 Å². The molecule has 0 saturated heterocycles. The van der Waals surface area contributed by atoms with Gasteiger partial charge in [-0.3, -0.25) is 0 Å². The predicted molar refractivity (Wildman–Crippen MR) is 62.1 cm³/mol. The van der Waals surface area contributed by atoms with Gasteiger partial charge in [-0.25, -0.2) is 0 Å². The van der Waals surface area contributed by atoms with Crippen molar-refractivity contribution >= 4 is 21.5 Å². The van der Waals surface area contributed by atoms with Gasteiger partial charge in [0.05, 0.1) is 0 Å². The smallest absolute Gasteiger partial charge is 0.148 e. The van der Waals surface area contributed by atoms with Crippen molar-refractivity contribution < 1.29 is 5.11 Å². The molecule has 0 spiro atoms. The molecule has 1 nitrogen and oxygen atoms in total. The lowest BCUT2D eigenvalue weighted by atomic mass is 9.95. The summed E-state index contributed by atoms with van der Waals surface area (Å²) < 4.78 is -0.914. The van der Waals surface area contributed by atoms with Crippen LogP contribution in [0.25, 0.3) is 5.57 Å². The molecule has 0 aliphatic heterocycles. The molecule has 1 aliphatic carbocycles. The average Bonchev–Trinajstić information content (AvgIpc) is 2.18. The average molecular weight is 251 g/mol. The van der Waals surface area contributed by atoms with Crippen LogP contribution in [0.2, 0.25) is 0 Å². The number of hydrogen-bond acceptors (Lipinski definition) is 1. The second-order valence-electron chi connectivity index (χ2n) is 3.34. The molecule has 2 rings (SSSR count). The Morgan fingerprint density at radius 1 is 1.21 bits per heavy atom. The molecule has 0 saturated carbocycles. The number of allylic oxidation sites excluding steroid dienone is 2. The summed E-state index contributed by atoms with van der Waals surface area (Å²) in [6, 6.07) is 9.90. The Bertz CT molecular complexity index is 377. The van der Waals surface area contributed by atoms with Gasteiger partial charge in [0.2, 0.25) is 0 Å². The summed E-state index contributed by atoms with van der Waals surface area (Å²) in [7, 11) is 0. The second kappa shape index (κ2) is 3.71. The molecule has 1 atom stereocenters. The number of benzene rings is 1. The fourth-order valence-electron chi connectivity index (χ4n) is 1.56. The summed E-state index contributed by atoms with van der Waals surface area (Å²) in [5, 5.41) is 10.1. The largest absolute Gasteiger partial charge is 0.374 e. The molecule has 14 heavy (non-hydrogen) atoms. The minimum atomic E-state index is -0.914. The summed E-state index contributed by atoms with van der Waals surface area (Å²) in [5.74, 6) is 0. The molecule has 0 radical (unpaired) electrons. The van der Waals surface area contributed by atoms with Gasteiger partial charge < -0.3 is 5.11 Å². The summed E-state index contributed by atoms with van der Waals surface area (Å²) in [4.78, 5) is 0. The number of halogens is 1. The molecule has 0 amide bonds. The van der Waals surface area contributed by atoms with Crippen LogP contribution >= 0.6 is 15.9 Å². The van der Waals surface area contributed by atoms with Gasteiger partial charge in [-0.05, 0) is 21.5 Å². The van der Waals surface area contributed by atoms with Gasteiger partial charge in [-0.1, -0.05) is 48.6 Å². The van der Waals surface area contributed by atoms with E-state index in [1.54, 1.807) is 0 Å². The van der Waals surface area contributed by atoms with Crippen LogP contribution in [0.1, 0.15) is 12.0 Å². The Kier molecular flexibility index (Phi) is 2.57. The van der Waals surface area contributed by atoms with Crippen molar-refractivity contribution in [1.29, 1.82) is 0 Å². The van der Waals surface area contributed by atoms with Gasteiger partial charge in [0, 0.05) is 12.0 Å². The summed E-state index contributed by atoms with van der Waals surface area (Å²) >= 11 is 3.33. The van der Waals surface area contributed by atoms with E-state index < -0.39 is 4.51 Å². The van der Waals surface area contributed by atoms with Gasteiger partial charge in [0.15, 0.2) is 0 Å². The van der Waals surface area contributed by atoms with Crippen molar-refractivity contribution in [1.82, 2.24) is 0 Å². The highest BCUT2D eigenvalue weighted by atomic mass is 79.9. The number of alkyl halides is 1. The Balaban J connectivity index is 2.43. The van der Waals surface area contributed by atoms with Crippen molar-refractivity contribution in [2.75, 3.05) is 0 Å². The summed E-state index contributed by atoms with van der Waals surface area (Å²) in [6.45, 7) is 0. The molecule has 0 aromatic heterocycles. The van der Waals surface area contributed by atoms with E-state index in [1.165, 1.54) is 0 Å². The highest BCUT2D eigenvalue weighted by Gasteiger charge is 2.28. The molecule has 0 heterocycles. The fourth-order valence-corrected chi connectivity index (χ4v) is 2.11. The molecule has 2 heteroatoms. The van der Waals surface area contributed by atoms with E-state index in [1.807, 2.05) is 48.6 Å². The maximum atomic E-state index is 10.1. The molecule has 1 aliphatic rings. The van der Waals surface area contributed by atoms with Gasteiger partial charge in [-0.2, -0.15) is 0 Å². The lowest BCUT2D eigenvalue weighted by Gasteiger charge is -2.25. The minimum absolute atomic E-state index is 0.605. The maximum absolute atomic E-state index is 10.1. The van der Waals surface area contributed by atoms with Gasteiger partial charge >= 0.3 is 0 Å². The van der Waals surface area contributed by atoms with Gasteiger partial charge in [-0.15, -0.1) is 0 Å². The summed E-state index contributed by atoms with van der Waals surface area (Å²) in [6.07, 6.45) is 6.46. The molecule has 1 aromatic rings. The predicted octanol–water partition coefficient (Wildman–Crippen LogP) is 3.11. The Labute approximate surface area is 91.9 Å². The highest BCUT2D eigenvalue weighted by Crippen LogP contribution is 2.37. The zero-order valence-corrected chi connectivity index (χ0v) is 9.24. The van der Waals surface area contributed by atoms with E-state index in [2.05, 4.69) is 15.9 Å². The van der Waals surface area contributed by atoms with Crippen molar-refractivity contribution in [2.45, 2.75) is 10.9 Å². The third kappa shape index (κ3) is 1.81. The number of hydrogen-bond donors (Lipinski definition) is 1. The zero-order valence-electron chi connectivity index (χ0n) is 7.65. The van der Waals surface area contributed by atoms with E-state index in [4.69, 9.17) is 0 Å². The third-order valence-corrected chi connectivity index (χ3v) is 3.04. The third-order valence-electron chi connectivity index (χ3n) is 2.28. The molecule has 0 fully saturated rings. The minimum Gasteiger partial charge on any atom is -0.374 e. The molecule has 72 valence electrons. The van der Waals surface area contributed by atoms with Gasteiger partial charge in [0.1, 0.15) is 4.51 Å². The fraction of sp³-hybridized carbons (Fsp3) is 0.167. The topological polar surface area (TPSA) is 20.2 Å². The Morgan fingerprint density at radius 3 is 2.57 bits per heavy atom. The lowest BCUT2D eigenvalue weighted by Crippen LogP contribution is -2.22. The van der Waals surface area contributed by atoms with Crippen LogP contribution in [0.15, 0.2) is 48.6 Å². The van der Waals surface area contributed by atoms with Crippen LogP contribution in [-0.2, 0) is 0 Å². The molecular weight excluding hydrogens is 240 g/mol. The molecule has 1 N–H and O–H groups in total. The van der Waals surface area contributed by atoms with E-state index in [-0.39, 0.29) is 0 Å². The van der Waals surface area contributed by atoms with Crippen LogP contribution in [0.4, 0.5) is 0 Å². The Hall–Kier alpha value is -0.860. The monoisotopic (exact) mass is 250 g/mol. The first-order valence-electron chi connectivity index (χ1n) is 4.54. The van der Waals surface area contributed by atoms with E-state index in [9.17, 15) is 5.11 Å². The van der Waals surface area contributed by atoms with Crippen LogP contribution in [0, 0.1) is 0 Å². The number of rotatable bonds is 1. The van der Waals surface area contributed by atoms with Crippen molar-refractivity contribution in [3.8, 4) is 0 Å². The first-order chi connectivity index (χ1) is 6.70. The maximum Gasteiger partial charge on any atom is 0.148 e. The van der Waals surface area contributed by atoms with Crippen LogP contribution < -0.4 is 0 Å². The highest BCUT2D eigenvalue weighted by molar-refractivity contribution is 9.10. The summed E-state index contributed by atoms with van der Waals surface area (Å²) in [5.41, 5.74) is 1.97. The second-order valence-corrected chi connectivity index (χ2v) is 4.65. The molecule has 1 aromatic carbocycles. The van der Waals surface area contributed by atoms with Crippen LogP contribution in [0.5, 0.6) is 0 Å². The molecular formula is C12H11BrO. The standard InChI is InChI=1S/C12H11BrO/c13-12(14)9-5-4-8-11(12)10-6-2-1-3-7-10/h1-8,14H,9H2. The first-order valence-corrected chi connectivity index (χ1v) is 5.33. The normalized spacial score (nSPS) is 26.0. The zero-order chi connectivity index (χ0) is 10.0.